The maximum absolute atomic E-state index is 12.2. The van der Waals surface area contributed by atoms with Crippen molar-refractivity contribution in [2.24, 2.45) is 0 Å². The lowest BCUT2D eigenvalue weighted by Gasteiger charge is -2.07. The fraction of sp³-hybridized carbons (Fsp3) is 0.250. The first-order chi connectivity index (χ1) is 12.0. The Morgan fingerprint density at radius 3 is 2.36 bits per heavy atom. The van der Waals surface area contributed by atoms with Gasteiger partial charge >= 0.3 is 0 Å². The average Bonchev–Trinajstić information content (AvgIpc) is 3.21. The molecule has 0 atom stereocenters. The standard InChI is InChI=1S/C20H21NO3S/c1-13-5-4-6-14(2)19(13)25-12-17-9-10-18(24-17)20(22)21-11-16-8-7-15(3)23-16/h4-10H,11-12H2,1-3H3,(H,21,22). The topological polar surface area (TPSA) is 55.4 Å². The molecular weight excluding hydrogens is 334 g/mol. The Hall–Kier alpha value is -2.40. The second-order valence-electron chi connectivity index (χ2n) is 5.97. The van der Waals surface area contributed by atoms with Gasteiger partial charge in [-0.05, 0) is 56.2 Å². The van der Waals surface area contributed by atoms with Crippen molar-refractivity contribution in [1.29, 1.82) is 0 Å². The van der Waals surface area contributed by atoms with Gasteiger partial charge in [-0.25, -0.2) is 0 Å². The summed E-state index contributed by atoms with van der Waals surface area (Å²) in [6.07, 6.45) is 0. The van der Waals surface area contributed by atoms with Crippen molar-refractivity contribution in [2.75, 3.05) is 0 Å². The highest BCUT2D eigenvalue weighted by molar-refractivity contribution is 7.98. The van der Waals surface area contributed by atoms with Crippen molar-refractivity contribution in [2.45, 2.75) is 38.0 Å². The van der Waals surface area contributed by atoms with Gasteiger partial charge in [0.1, 0.15) is 17.3 Å². The molecule has 0 saturated heterocycles. The van der Waals surface area contributed by atoms with Crippen LogP contribution in [0.2, 0.25) is 0 Å². The molecule has 0 aliphatic heterocycles. The van der Waals surface area contributed by atoms with Gasteiger partial charge in [0.25, 0.3) is 5.91 Å². The zero-order valence-corrected chi connectivity index (χ0v) is 15.4. The van der Waals surface area contributed by atoms with Crippen LogP contribution in [0.15, 0.2) is 56.2 Å². The van der Waals surface area contributed by atoms with Gasteiger partial charge in [-0.1, -0.05) is 18.2 Å². The minimum absolute atomic E-state index is 0.239. The molecule has 25 heavy (non-hydrogen) atoms. The zero-order valence-electron chi connectivity index (χ0n) is 14.6. The summed E-state index contributed by atoms with van der Waals surface area (Å²) in [5.74, 6) is 3.11. The fourth-order valence-corrected chi connectivity index (χ4v) is 3.62. The summed E-state index contributed by atoms with van der Waals surface area (Å²) in [6.45, 7) is 6.43. The predicted octanol–water partition coefficient (Wildman–Crippen LogP) is 5.02. The summed E-state index contributed by atoms with van der Waals surface area (Å²) >= 11 is 1.72. The number of aryl methyl sites for hydroxylation is 3. The van der Waals surface area contributed by atoms with Crippen LogP contribution in [0.3, 0.4) is 0 Å². The second kappa shape index (κ2) is 7.66. The molecule has 0 spiro atoms. The molecule has 5 heteroatoms. The number of carbonyl (C=O) groups is 1. The van der Waals surface area contributed by atoms with Gasteiger partial charge < -0.3 is 14.2 Å². The summed E-state index contributed by atoms with van der Waals surface area (Å²) in [7, 11) is 0. The van der Waals surface area contributed by atoms with Gasteiger partial charge in [-0.3, -0.25) is 4.79 Å². The number of hydrogen-bond acceptors (Lipinski definition) is 4. The molecule has 0 aliphatic carbocycles. The number of rotatable bonds is 6. The van der Waals surface area contributed by atoms with Crippen LogP contribution >= 0.6 is 11.8 Å². The van der Waals surface area contributed by atoms with E-state index in [0.717, 1.165) is 17.3 Å². The predicted molar refractivity (Wildman–Crippen MR) is 98.8 cm³/mol. The van der Waals surface area contributed by atoms with Crippen LogP contribution in [-0.2, 0) is 12.3 Å². The smallest absolute Gasteiger partial charge is 0.287 e. The van der Waals surface area contributed by atoms with Crippen molar-refractivity contribution in [1.82, 2.24) is 5.32 Å². The normalized spacial score (nSPS) is 10.8. The fourth-order valence-electron chi connectivity index (χ4n) is 2.58. The molecule has 0 fully saturated rings. The highest BCUT2D eigenvalue weighted by Crippen LogP contribution is 2.29. The van der Waals surface area contributed by atoms with Crippen LogP contribution in [0.5, 0.6) is 0 Å². The van der Waals surface area contributed by atoms with Crippen LogP contribution in [-0.4, -0.2) is 5.91 Å². The Labute approximate surface area is 151 Å². The number of amides is 1. The Bertz CT molecular complexity index is 858. The van der Waals surface area contributed by atoms with Gasteiger partial charge in [-0.15, -0.1) is 11.8 Å². The monoisotopic (exact) mass is 355 g/mol. The Balaban J connectivity index is 1.57. The minimum Gasteiger partial charge on any atom is -0.465 e. The number of benzene rings is 1. The molecule has 0 radical (unpaired) electrons. The summed E-state index contributed by atoms with van der Waals surface area (Å²) in [4.78, 5) is 13.4. The van der Waals surface area contributed by atoms with Crippen molar-refractivity contribution >= 4 is 17.7 Å². The van der Waals surface area contributed by atoms with E-state index in [-0.39, 0.29) is 5.91 Å². The van der Waals surface area contributed by atoms with E-state index in [2.05, 4.69) is 37.4 Å². The highest BCUT2D eigenvalue weighted by atomic mass is 32.2. The molecule has 3 rings (SSSR count). The molecule has 2 heterocycles. The van der Waals surface area contributed by atoms with Gasteiger partial charge in [0.2, 0.25) is 0 Å². The van der Waals surface area contributed by atoms with Crippen LogP contribution in [0, 0.1) is 20.8 Å². The summed E-state index contributed by atoms with van der Waals surface area (Å²) in [5, 5.41) is 2.80. The largest absolute Gasteiger partial charge is 0.465 e. The third kappa shape index (κ3) is 4.37. The SMILES string of the molecule is Cc1ccc(CNC(=O)c2ccc(CSc3c(C)cccc3C)o2)o1. The lowest BCUT2D eigenvalue weighted by atomic mass is 10.2. The molecule has 2 aromatic heterocycles. The molecule has 1 amide bonds. The molecule has 0 unspecified atom stereocenters. The van der Waals surface area contributed by atoms with Gasteiger partial charge in [0.15, 0.2) is 5.76 Å². The van der Waals surface area contributed by atoms with E-state index in [9.17, 15) is 4.79 Å². The van der Waals surface area contributed by atoms with E-state index in [1.54, 1.807) is 17.8 Å². The number of hydrogen-bond donors (Lipinski definition) is 1. The molecule has 0 aliphatic rings. The van der Waals surface area contributed by atoms with Crippen LogP contribution in [0.4, 0.5) is 0 Å². The van der Waals surface area contributed by atoms with Crippen molar-refractivity contribution in [3.8, 4) is 0 Å². The first kappa shape index (κ1) is 17.4. The summed E-state index contributed by atoms with van der Waals surface area (Å²) in [5.41, 5.74) is 2.51. The average molecular weight is 355 g/mol. The number of carbonyl (C=O) groups excluding carboxylic acids is 1. The van der Waals surface area contributed by atoms with Crippen LogP contribution in [0.1, 0.15) is 39.0 Å². The molecule has 1 N–H and O–H groups in total. The zero-order chi connectivity index (χ0) is 17.8. The third-order valence-corrected chi connectivity index (χ3v) is 5.23. The quantitative estimate of drug-likeness (QED) is 0.631. The summed E-state index contributed by atoms with van der Waals surface area (Å²) in [6, 6.07) is 13.6. The van der Waals surface area contributed by atoms with Crippen molar-refractivity contribution in [3.63, 3.8) is 0 Å². The Kier molecular flexibility index (Phi) is 5.34. The van der Waals surface area contributed by atoms with E-state index in [1.165, 1.54) is 16.0 Å². The second-order valence-corrected chi connectivity index (χ2v) is 6.96. The van der Waals surface area contributed by atoms with Crippen molar-refractivity contribution in [3.05, 3.63) is 76.6 Å². The van der Waals surface area contributed by atoms with Gasteiger partial charge in [0, 0.05) is 4.90 Å². The summed E-state index contributed by atoms with van der Waals surface area (Å²) < 4.78 is 11.1. The molecule has 1 aromatic carbocycles. The number of furan rings is 2. The number of nitrogens with one attached hydrogen (secondary N) is 1. The molecular formula is C20H21NO3S. The lowest BCUT2D eigenvalue weighted by Crippen LogP contribution is -2.21. The van der Waals surface area contributed by atoms with Crippen LogP contribution in [0.25, 0.3) is 0 Å². The van der Waals surface area contributed by atoms with Crippen molar-refractivity contribution < 1.29 is 13.6 Å². The van der Waals surface area contributed by atoms with E-state index in [1.807, 2.05) is 25.1 Å². The lowest BCUT2D eigenvalue weighted by molar-refractivity contribution is 0.0918. The third-order valence-electron chi connectivity index (χ3n) is 3.87. The van der Waals surface area contributed by atoms with E-state index < -0.39 is 0 Å². The van der Waals surface area contributed by atoms with Crippen LogP contribution < -0.4 is 5.32 Å². The van der Waals surface area contributed by atoms with E-state index >= 15 is 0 Å². The maximum atomic E-state index is 12.2. The highest BCUT2D eigenvalue weighted by Gasteiger charge is 2.12. The van der Waals surface area contributed by atoms with Gasteiger partial charge in [-0.2, -0.15) is 0 Å². The van der Waals surface area contributed by atoms with Gasteiger partial charge in [0.05, 0.1) is 12.3 Å². The first-order valence-corrected chi connectivity index (χ1v) is 9.13. The first-order valence-electron chi connectivity index (χ1n) is 8.14. The minimum atomic E-state index is -0.239. The molecule has 0 saturated carbocycles. The Morgan fingerprint density at radius 2 is 1.68 bits per heavy atom. The molecule has 4 nitrogen and oxygen atoms in total. The number of thioether (sulfide) groups is 1. The molecule has 130 valence electrons. The Morgan fingerprint density at radius 1 is 0.960 bits per heavy atom. The molecule has 3 aromatic rings. The van der Waals surface area contributed by atoms with E-state index in [0.29, 0.717) is 18.1 Å². The molecule has 0 bridgehead atoms. The maximum Gasteiger partial charge on any atom is 0.287 e. The van der Waals surface area contributed by atoms with E-state index in [4.69, 9.17) is 8.83 Å².